The second kappa shape index (κ2) is 14.3. The number of benzene rings is 3. The maximum atomic E-state index is 14.1. The van der Waals surface area contributed by atoms with Crippen molar-refractivity contribution < 1.29 is 18.0 Å². The zero-order valence-corrected chi connectivity index (χ0v) is 25.1. The Kier molecular flexibility index (Phi) is 11.2. The van der Waals surface area contributed by atoms with Crippen molar-refractivity contribution in [2.45, 2.75) is 70.5 Å². The number of sulfonamides is 1. The fourth-order valence-corrected chi connectivity index (χ4v) is 5.95. The summed E-state index contributed by atoms with van der Waals surface area (Å²) >= 11 is 6.45. The molecule has 0 radical (unpaired) electrons. The highest BCUT2D eigenvalue weighted by atomic mass is 35.5. The summed E-state index contributed by atoms with van der Waals surface area (Å²) in [6, 6.07) is 21.4. The maximum absolute atomic E-state index is 14.1. The van der Waals surface area contributed by atoms with E-state index < -0.39 is 28.5 Å². The molecule has 0 heterocycles. The fourth-order valence-electron chi connectivity index (χ4n) is 4.32. The zero-order chi connectivity index (χ0) is 29.3. The largest absolute Gasteiger partial charge is 0.352 e. The van der Waals surface area contributed by atoms with Crippen LogP contribution < -0.4 is 9.62 Å². The lowest BCUT2D eigenvalue weighted by atomic mass is 10.1. The highest BCUT2D eigenvalue weighted by Crippen LogP contribution is 2.26. The highest BCUT2D eigenvalue weighted by molar-refractivity contribution is 7.92. The molecular formula is C31H38ClN3O4S. The van der Waals surface area contributed by atoms with Crippen molar-refractivity contribution in [2.75, 3.05) is 10.8 Å². The van der Waals surface area contributed by atoms with Crippen molar-refractivity contribution in [1.29, 1.82) is 0 Å². The minimum atomic E-state index is -4.10. The van der Waals surface area contributed by atoms with E-state index in [0.717, 1.165) is 22.7 Å². The first kappa shape index (κ1) is 31.2. The van der Waals surface area contributed by atoms with Crippen molar-refractivity contribution >= 4 is 39.1 Å². The van der Waals surface area contributed by atoms with Crippen LogP contribution >= 0.6 is 11.6 Å². The van der Waals surface area contributed by atoms with Crippen LogP contribution in [0.15, 0.2) is 83.8 Å². The zero-order valence-electron chi connectivity index (χ0n) is 23.5. The van der Waals surface area contributed by atoms with Crippen LogP contribution in [0.25, 0.3) is 0 Å². The van der Waals surface area contributed by atoms with E-state index in [9.17, 15) is 18.0 Å². The van der Waals surface area contributed by atoms with Gasteiger partial charge in [-0.3, -0.25) is 13.9 Å². The Bertz CT molecular complexity index is 1380. The van der Waals surface area contributed by atoms with Crippen LogP contribution in [0.5, 0.6) is 0 Å². The summed E-state index contributed by atoms with van der Waals surface area (Å²) in [4.78, 5) is 28.9. The number of hydrogen-bond acceptors (Lipinski definition) is 4. The lowest BCUT2D eigenvalue weighted by molar-refractivity contribution is -0.140. The molecule has 0 saturated heterocycles. The van der Waals surface area contributed by atoms with Crippen LogP contribution in [0.2, 0.25) is 5.02 Å². The van der Waals surface area contributed by atoms with E-state index in [1.165, 1.54) is 17.0 Å². The average Bonchev–Trinajstić information content (AvgIpc) is 2.97. The van der Waals surface area contributed by atoms with Gasteiger partial charge in [0.05, 0.1) is 10.6 Å². The summed E-state index contributed by atoms with van der Waals surface area (Å²) in [6.45, 7) is 7.28. The number of nitrogens with one attached hydrogen (secondary N) is 1. The number of aryl methyl sites for hydroxylation is 1. The number of nitrogens with zero attached hydrogens (tertiary/aromatic N) is 2. The average molecular weight is 584 g/mol. The number of anilines is 1. The number of carbonyl (C=O) groups is 2. The van der Waals surface area contributed by atoms with Gasteiger partial charge in [0.15, 0.2) is 0 Å². The molecule has 3 aromatic carbocycles. The molecule has 214 valence electrons. The molecule has 7 nitrogen and oxygen atoms in total. The van der Waals surface area contributed by atoms with Crippen molar-refractivity contribution in [2.24, 2.45) is 0 Å². The SMILES string of the molecule is CCc1ccc(N(CC(=O)N(Cc2ccccc2Cl)C(CC)C(=O)NC(C)CC)S(=O)(=O)c2ccccc2)cc1. The van der Waals surface area contributed by atoms with E-state index in [-0.39, 0.29) is 23.4 Å². The van der Waals surface area contributed by atoms with Gasteiger partial charge in [0.1, 0.15) is 12.6 Å². The minimum absolute atomic E-state index is 0.0545. The summed E-state index contributed by atoms with van der Waals surface area (Å²) < 4.78 is 28.9. The standard InChI is InChI=1S/C31H38ClN3O4S/c1-5-23(4)33-31(37)29(7-3)34(21-25-13-11-12-16-28(25)32)30(36)22-35(26-19-17-24(6-2)18-20-26)40(38,39)27-14-9-8-10-15-27/h8-20,23,29H,5-7,21-22H2,1-4H3,(H,33,37). The van der Waals surface area contributed by atoms with Crippen LogP contribution in [0.3, 0.4) is 0 Å². The van der Waals surface area contributed by atoms with E-state index in [4.69, 9.17) is 11.6 Å². The molecule has 0 aliphatic rings. The van der Waals surface area contributed by atoms with Crippen LogP contribution in [-0.2, 0) is 32.6 Å². The summed E-state index contributed by atoms with van der Waals surface area (Å²) in [6.07, 6.45) is 1.87. The fraction of sp³-hybridized carbons (Fsp3) is 0.355. The van der Waals surface area contributed by atoms with E-state index in [0.29, 0.717) is 22.7 Å². The predicted molar refractivity (Wildman–Crippen MR) is 161 cm³/mol. The quantitative estimate of drug-likeness (QED) is 0.275. The van der Waals surface area contributed by atoms with Crippen molar-refractivity contribution in [3.05, 3.63) is 95.0 Å². The maximum Gasteiger partial charge on any atom is 0.264 e. The molecule has 2 amide bonds. The van der Waals surface area contributed by atoms with Gasteiger partial charge in [-0.05, 0) is 67.6 Å². The Morgan fingerprint density at radius 1 is 0.875 bits per heavy atom. The Morgan fingerprint density at radius 2 is 1.50 bits per heavy atom. The summed E-state index contributed by atoms with van der Waals surface area (Å²) in [5.74, 6) is -0.799. The second-order valence-corrected chi connectivity index (χ2v) is 12.0. The Balaban J connectivity index is 2.06. The molecule has 2 unspecified atom stereocenters. The molecule has 0 aromatic heterocycles. The van der Waals surface area contributed by atoms with Crippen LogP contribution in [0, 0.1) is 0 Å². The molecule has 0 spiro atoms. The Morgan fingerprint density at radius 3 is 2.08 bits per heavy atom. The minimum Gasteiger partial charge on any atom is -0.352 e. The Hall–Kier alpha value is -3.36. The predicted octanol–water partition coefficient (Wildman–Crippen LogP) is 5.82. The molecule has 0 aliphatic heterocycles. The van der Waals surface area contributed by atoms with E-state index in [1.54, 1.807) is 48.5 Å². The van der Waals surface area contributed by atoms with Gasteiger partial charge in [-0.2, -0.15) is 0 Å². The van der Waals surface area contributed by atoms with Gasteiger partial charge in [-0.15, -0.1) is 0 Å². The molecule has 0 bridgehead atoms. The Labute approximate surface area is 243 Å². The van der Waals surface area contributed by atoms with E-state index >= 15 is 0 Å². The molecule has 3 rings (SSSR count). The summed E-state index contributed by atoms with van der Waals surface area (Å²) in [7, 11) is -4.10. The molecule has 40 heavy (non-hydrogen) atoms. The molecule has 0 aliphatic carbocycles. The third kappa shape index (κ3) is 7.64. The third-order valence-corrected chi connectivity index (χ3v) is 9.08. The van der Waals surface area contributed by atoms with Gasteiger partial charge in [0.2, 0.25) is 11.8 Å². The number of amides is 2. The van der Waals surface area contributed by atoms with Crippen molar-refractivity contribution in [3.8, 4) is 0 Å². The topological polar surface area (TPSA) is 86.8 Å². The molecule has 0 saturated carbocycles. The first-order chi connectivity index (χ1) is 19.1. The molecule has 2 atom stereocenters. The lowest BCUT2D eigenvalue weighted by Gasteiger charge is -2.34. The number of rotatable bonds is 13. The van der Waals surface area contributed by atoms with Gasteiger partial charge in [-0.1, -0.05) is 80.9 Å². The highest BCUT2D eigenvalue weighted by Gasteiger charge is 2.34. The molecule has 3 aromatic rings. The van der Waals surface area contributed by atoms with Gasteiger partial charge < -0.3 is 10.2 Å². The van der Waals surface area contributed by atoms with Gasteiger partial charge in [0.25, 0.3) is 10.0 Å². The summed E-state index contributed by atoms with van der Waals surface area (Å²) in [5.41, 5.74) is 2.07. The van der Waals surface area contributed by atoms with E-state index in [2.05, 4.69) is 5.32 Å². The van der Waals surface area contributed by atoms with Crippen LogP contribution in [0.1, 0.15) is 51.7 Å². The van der Waals surface area contributed by atoms with Crippen molar-refractivity contribution in [3.63, 3.8) is 0 Å². The number of halogens is 1. The molecular weight excluding hydrogens is 546 g/mol. The number of hydrogen-bond donors (Lipinski definition) is 1. The van der Waals surface area contributed by atoms with E-state index in [1.807, 2.05) is 45.9 Å². The van der Waals surface area contributed by atoms with Crippen LogP contribution in [-0.4, -0.2) is 43.8 Å². The summed E-state index contributed by atoms with van der Waals surface area (Å²) in [5, 5.41) is 3.43. The smallest absolute Gasteiger partial charge is 0.264 e. The monoisotopic (exact) mass is 583 g/mol. The number of carbonyl (C=O) groups excluding carboxylic acids is 2. The van der Waals surface area contributed by atoms with Crippen LogP contribution in [0.4, 0.5) is 5.69 Å². The molecule has 0 fully saturated rings. The second-order valence-electron chi connectivity index (χ2n) is 9.70. The van der Waals surface area contributed by atoms with Gasteiger partial charge >= 0.3 is 0 Å². The van der Waals surface area contributed by atoms with Gasteiger partial charge in [-0.25, -0.2) is 8.42 Å². The first-order valence-electron chi connectivity index (χ1n) is 13.6. The lowest BCUT2D eigenvalue weighted by Crippen LogP contribution is -2.53. The third-order valence-electron chi connectivity index (χ3n) is 6.93. The van der Waals surface area contributed by atoms with Crippen molar-refractivity contribution in [1.82, 2.24) is 10.2 Å². The molecule has 9 heteroatoms. The molecule has 1 N–H and O–H groups in total. The van der Waals surface area contributed by atoms with Gasteiger partial charge in [0, 0.05) is 17.6 Å². The normalized spacial score (nSPS) is 12.8. The first-order valence-corrected chi connectivity index (χ1v) is 15.4.